The molecule has 0 aliphatic carbocycles. The molecule has 3 rings (SSSR count). The number of aryl methyl sites for hydroxylation is 1. The number of carbonyl (C=O) groups excluding carboxylic acids is 2. The standard InChI is InChI=1S/C34H39Cl2N3O5/c1-6-10-25-16-24(17-31(42-7-2)33(25)44-20-26-13-14-27(35)18-28(26)36)19-37-39-34(41)29(15-22(3)4)38-32(40)21-43-30-12-9-8-11-23(30)5/h6,8-9,11-14,16-19,22,29H,1,7,10,15,20-21H2,2-5H3,(H,38,40)(H,39,41)/b37-19-/t29-/m0/s1. The Balaban J connectivity index is 1.71. The minimum atomic E-state index is -0.786. The van der Waals surface area contributed by atoms with Crippen molar-refractivity contribution in [3.8, 4) is 17.2 Å². The second-order valence-electron chi connectivity index (χ2n) is 10.5. The lowest BCUT2D eigenvalue weighted by molar-refractivity contribution is -0.130. The third-order valence-electron chi connectivity index (χ3n) is 6.40. The summed E-state index contributed by atoms with van der Waals surface area (Å²) in [6.07, 6.45) is 4.21. The number of allylic oxidation sites excluding steroid dienone is 1. The number of hydrogen-bond acceptors (Lipinski definition) is 6. The van der Waals surface area contributed by atoms with E-state index in [1.165, 1.54) is 6.21 Å². The van der Waals surface area contributed by atoms with E-state index in [2.05, 4.69) is 22.4 Å². The van der Waals surface area contributed by atoms with Crippen LogP contribution in [-0.2, 0) is 22.6 Å². The Morgan fingerprint density at radius 3 is 2.45 bits per heavy atom. The molecule has 2 amide bonds. The summed E-state index contributed by atoms with van der Waals surface area (Å²) in [5, 5.41) is 7.98. The van der Waals surface area contributed by atoms with Crippen molar-refractivity contribution in [2.45, 2.75) is 53.2 Å². The molecule has 3 aromatic carbocycles. The molecule has 1 atom stereocenters. The van der Waals surface area contributed by atoms with E-state index in [9.17, 15) is 9.59 Å². The smallest absolute Gasteiger partial charge is 0.262 e. The van der Waals surface area contributed by atoms with Crippen LogP contribution in [0.25, 0.3) is 0 Å². The summed E-state index contributed by atoms with van der Waals surface area (Å²) in [6, 6.07) is 15.5. The van der Waals surface area contributed by atoms with Gasteiger partial charge in [0.2, 0.25) is 0 Å². The molecule has 0 radical (unpaired) electrons. The number of para-hydroxylation sites is 1. The molecule has 0 saturated heterocycles. The second kappa shape index (κ2) is 17.3. The predicted molar refractivity (Wildman–Crippen MR) is 176 cm³/mol. The van der Waals surface area contributed by atoms with Crippen LogP contribution in [0.2, 0.25) is 10.0 Å². The minimum absolute atomic E-state index is 0.151. The zero-order valence-corrected chi connectivity index (χ0v) is 27.0. The maximum atomic E-state index is 13.0. The van der Waals surface area contributed by atoms with Crippen LogP contribution in [-0.4, -0.2) is 37.3 Å². The van der Waals surface area contributed by atoms with E-state index in [4.69, 9.17) is 37.4 Å². The number of benzene rings is 3. The molecule has 0 bridgehead atoms. The first-order chi connectivity index (χ1) is 21.1. The van der Waals surface area contributed by atoms with E-state index in [1.54, 1.807) is 30.3 Å². The summed E-state index contributed by atoms with van der Waals surface area (Å²) in [5.41, 5.74) is 5.75. The van der Waals surface area contributed by atoms with Crippen LogP contribution in [0.3, 0.4) is 0 Å². The lowest BCUT2D eigenvalue weighted by atomic mass is 10.0. The average molecular weight is 641 g/mol. The Morgan fingerprint density at radius 2 is 1.77 bits per heavy atom. The van der Waals surface area contributed by atoms with Crippen molar-refractivity contribution in [1.29, 1.82) is 0 Å². The van der Waals surface area contributed by atoms with Gasteiger partial charge in [0, 0.05) is 21.2 Å². The van der Waals surface area contributed by atoms with Gasteiger partial charge in [-0.25, -0.2) is 5.43 Å². The number of hydrogen-bond donors (Lipinski definition) is 2. The maximum absolute atomic E-state index is 13.0. The van der Waals surface area contributed by atoms with Gasteiger partial charge in [0.25, 0.3) is 11.8 Å². The maximum Gasteiger partial charge on any atom is 0.262 e. The van der Waals surface area contributed by atoms with Crippen molar-refractivity contribution >= 4 is 41.2 Å². The summed E-state index contributed by atoms with van der Waals surface area (Å²) < 4.78 is 17.7. The van der Waals surface area contributed by atoms with Crippen LogP contribution >= 0.6 is 23.2 Å². The predicted octanol–water partition coefficient (Wildman–Crippen LogP) is 7.07. The van der Waals surface area contributed by atoms with E-state index in [0.717, 1.165) is 16.7 Å². The average Bonchev–Trinajstić information content (AvgIpc) is 2.97. The Hall–Kier alpha value is -4.01. The molecule has 8 nitrogen and oxygen atoms in total. The van der Waals surface area contributed by atoms with Gasteiger partial charge in [-0.05, 0) is 74.1 Å². The van der Waals surface area contributed by atoms with Crippen molar-refractivity contribution in [2.75, 3.05) is 13.2 Å². The molecular formula is C34H39Cl2N3O5. The number of carbonyl (C=O) groups is 2. The topological polar surface area (TPSA) is 98.3 Å². The van der Waals surface area contributed by atoms with E-state index >= 15 is 0 Å². The van der Waals surface area contributed by atoms with Gasteiger partial charge in [-0.2, -0.15) is 5.10 Å². The highest BCUT2D eigenvalue weighted by molar-refractivity contribution is 6.35. The lowest BCUT2D eigenvalue weighted by Gasteiger charge is -2.19. The third-order valence-corrected chi connectivity index (χ3v) is 6.99. The molecule has 3 aromatic rings. The molecule has 0 saturated carbocycles. The van der Waals surface area contributed by atoms with Gasteiger partial charge in [0.1, 0.15) is 18.4 Å². The fourth-order valence-electron chi connectivity index (χ4n) is 4.33. The van der Waals surface area contributed by atoms with Crippen molar-refractivity contribution in [1.82, 2.24) is 10.7 Å². The van der Waals surface area contributed by atoms with E-state index < -0.39 is 17.9 Å². The molecular weight excluding hydrogens is 601 g/mol. The van der Waals surface area contributed by atoms with Gasteiger partial charge < -0.3 is 19.5 Å². The van der Waals surface area contributed by atoms with Crippen molar-refractivity contribution in [2.24, 2.45) is 11.0 Å². The van der Waals surface area contributed by atoms with E-state index in [0.29, 0.717) is 52.3 Å². The molecule has 0 aliphatic heterocycles. The van der Waals surface area contributed by atoms with Gasteiger partial charge in [-0.15, -0.1) is 6.58 Å². The molecule has 0 spiro atoms. The zero-order chi connectivity index (χ0) is 32.1. The summed E-state index contributed by atoms with van der Waals surface area (Å²) in [6.45, 7) is 12.0. The third kappa shape index (κ3) is 10.6. The van der Waals surface area contributed by atoms with Crippen LogP contribution in [0.15, 0.2) is 72.4 Å². The van der Waals surface area contributed by atoms with Crippen molar-refractivity contribution < 1.29 is 23.8 Å². The normalized spacial score (nSPS) is 11.7. The lowest BCUT2D eigenvalue weighted by Crippen LogP contribution is -2.47. The number of amides is 2. The monoisotopic (exact) mass is 639 g/mol. The number of nitrogens with one attached hydrogen (secondary N) is 2. The quantitative estimate of drug-likeness (QED) is 0.0992. The molecule has 0 aromatic heterocycles. The highest BCUT2D eigenvalue weighted by atomic mass is 35.5. The Kier molecular flexibility index (Phi) is 13.6. The largest absolute Gasteiger partial charge is 0.490 e. The number of nitrogens with zero attached hydrogens (tertiary/aromatic N) is 1. The van der Waals surface area contributed by atoms with E-state index in [-0.39, 0.29) is 19.1 Å². The number of hydrazone groups is 1. The van der Waals surface area contributed by atoms with Crippen LogP contribution < -0.4 is 25.0 Å². The first kappa shape index (κ1) is 34.5. The molecule has 0 heterocycles. The van der Waals surface area contributed by atoms with Gasteiger partial charge in [0.15, 0.2) is 18.1 Å². The Morgan fingerprint density at radius 1 is 1.00 bits per heavy atom. The molecule has 0 fully saturated rings. The molecule has 0 aliphatic rings. The highest BCUT2D eigenvalue weighted by Crippen LogP contribution is 2.35. The second-order valence-corrected chi connectivity index (χ2v) is 11.3. The summed E-state index contributed by atoms with van der Waals surface area (Å²) >= 11 is 12.4. The summed E-state index contributed by atoms with van der Waals surface area (Å²) in [4.78, 5) is 25.7. The fraction of sp³-hybridized carbons (Fsp3) is 0.324. The Bertz CT molecular complexity index is 1480. The fourth-order valence-corrected chi connectivity index (χ4v) is 4.79. The number of halogens is 2. The van der Waals surface area contributed by atoms with Crippen molar-refractivity contribution in [3.05, 3.63) is 99.6 Å². The number of ether oxygens (including phenoxy) is 3. The van der Waals surface area contributed by atoms with Crippen LogP contribution in [0, 0.1) is 12.8 Å². The molecule has 10 heteroatoms. The molecule has 234 valence electrons. The van der Waals surface area contributed by atoms with Crippen LogP contribution in [0.5, 0.6) is 17.2 Å². The van der Waals surface area contributed by atoms with Gasteiger partial charge >= 0.3 is 0 Å². The zero-order valence-electron chi connectivity index (χ0n) is 25.5. The van der Waals surface area contributed by atoms with Gasteiger partial charge in [-0.3, -0.25) is 9.59 Å². The van der Waals surface area contributed by atoms with Crippen molar-refractivity contribution in [3.63, 3.8) is 0 Å². The minimum Gasteiger partial charge on any atom is -0.490 e. The first-order valence-corrected chi connectivity index (χ1v) is 15.1. The Labute approximate surface area is 269 Å². The van der Waals surface area contributed by atoms with Gasteiger partial charge in [-0.1, -0.05) is 67.4 Å². The summed E-state index contributed by atoms with van der Waals surface area (Å²) in [7, 11) is 0. The molecule has 0 unspecified atom stereocenters. The van der Waals surface area contributed by atoms with Crippen LogP contribution in [0.1, 0.15) is 49.4 Å². The number of rotatable bonds is 16. The molecule has 44 heavy (non-hydrogen) atoms. The van der Waals surface area contributed by atoms with Crippen LogP contribution in [0.4, 0.5) is 0 Å². The first-order valence-electron chi connectivity index (χ1n) is 14.4. The van der Waals surface area contributed by atoms with Gasteiger partial charge in [0.05, 0.1) is 12.8 Å². The summed E-state index contributed by atoms with van der Waals surface area (Å²) in [5.74, 6) is 1.01. The van der Waals surface area contributed by atoms with E-state index in [1.807, 2.05) is 58.0 Å². The SMILES string of the molecule is C=CCc1cc(/C=N\NC(=O)[C@H](CC(C)C)NC(=O)COc2ccccc2C)cc(OCC)c1OCc1ccc(Cl)cc1Cl. The molecule has 2 N–H and O–H groups in total. The highest BCUT2D eigenvalue weighted by Gasteiger charge is 2.22.